The van der Waals surface area contributed by atoms with Crippen LogP contribution in [-0.4, -0.2) is 12.6 Å². The maximum atomic E-state index is 13.0. The Labute approximate surface area is 297 Å². The van der Waals surface area contributed by atoms with Gasteiger partial charge in [0.15, 0.2) is 0 Å². The first-order valence-electron chi connectivity index (χ1n) is 22.1. The molecule has 0 amide bonds. The fourth-order valence-corrected chi connectivity index (χ4v) is 6.91. The van der Waals surface area contributed by atoms with Crippen LogP contribution in [0.1, 0.15) is 265 Å². The molecule has 280 valence electrons. The summed E-state index contributed by atoms with van der Waals surface area (Å²) in [5.41, 5.74) is 0.971. The van der Waals surface area contributed by atoms with E-state index in [1.807, 2.05) is 0 Å². The lowest BCUT2D eigenvalue weighted by Crippen LogP contribution is -2.09. The normalized spacial score (nSPS) is 11.9. The van der Waals surface area contributed by atoms with Gasteiger partial charge in [0.25, 0.3) is 0 Å². The van der Waals surface area contributed by atoms with Crippen LogP contribution in [-0.2, 0) is 9.53 Å². The van der Waals surface area contributed by atoms with Gasteiger partial charge in [-0.1, -0.05) is 239 Å². The molecule has 0 aromatic rings. The second-order valence-electron chi connectivity index (χ2n) is 15.1. The van der Waals surface area contributed by atoms with Gasteiger partial charge in [0, 0.05) is 5.57 Å². The predicted molar refractivity (Wildman–Crippen MR) is 212 cm³/mol. The van der Waals surface area contributed by atoms with Gasteiger partial charge in [-0.15, -0.1) is 0 Å². The number of hydrogen-bond acceptors (Lipinski definition) is 2. The van der Waals surface area contributed by atoms with Crippen LogP contribution in [0.3, 0.4) is 0 Å². The average molecular weight is 661 g/mol. The van der Waals surface area contributed by atoms with Gasteiger partial charge in [-0.25, -0.2) is 4.79 Å². The number of esters is 1. The third kappa shape index (κ3) is 37.9. The Morgan fingerprint density at radius 3 is 0.979 bits per heavy atom. The lowest BCUT2D eigenvalue weighted by molar-refractivity contribution is -0.139. The molecule has 0 heterocycles. The van der Waals surface area contributed by atoms with Crippen molar-refractivity contribution in [2.75, 3.05) is 6.61 Å². The largest absolute Gasteiger partial charge is 0.462 e. The summed E-state index contributed by atoms with van der Waals surface area (Å²) in [6.07, 6.45) is 53.1. The summed E-state index contributed by atoms with van der Waals surface area (Å²) in [5, 5.41) is 0. The summed E-state index contributed by atoms with van der Waals surface area (Å²) in [4.78, 5) is 13.0. The minimum atomic E-state index is -0.0184. The first kappa shape index (κ1) is 46.2. The standard InChI is InChI=1S/C45H88O2/c1-4-7-10-13-16-19-22-25-27-30-33-36-39-42-44(41-38-35-32-29-26-23-20-17-14-11-8-5-2)45(46)47-43-40-37-34-31-28-24-21-18-15-12-9-6-3/h42H,4-41,43H2,1-3H3. The van der Waals surface area contributed by atoms with Crippen molar-refractivity contribution < 1.29 is 9.53 Å². The molecular formula is C45H88O2. The van der Waals surface area contributed by atoms with E-state index in [0.717, 1.165) is 31.3 Å². The topological polar surface area (TPSA) is 26.3 Å². The van der Waals surface area contributed by atoms with Gasteiger partial charge < -0.3 is 4.74 Å². The Hall–Kier alpha value is -0.790. The molecule has 0 saturated heterocycles. The van der Waals surface area contributed by atoms with E-state index in [4.69, 9.17) is 4.74 Å². The smallest absolute Gasteiger partial charge is 0.333 e. The second-order valence-corrected chi connectivity index (χ2v) is 15.1. The highest BCUT2D eigenvalue weighted by Crippen LogP contribution is 2.18. The Morgan fingerprint density at radius 1 is 0.362 bits per heavy atom. The highest BCUT2D eigenvalue weighted by molar-refractivity contribution is 5.88. The van der Waals surface area contributed by atoms with Crippen LogP contribution >= 0.6 is 0 Å². The van der Waals surface area contributed by atoms with Crippen molar-refractivity contribution in [2.45, 2.75) is 265 Å². The van der Waals surface area contributed by atoms with Crippen LogP contribution in [0.15, 0.2) is 11.6 Å². The van der Waals surface area contributed by atoms with E-state index < -0.39 is 0 Å². The number of hydrogen-bond donors (Lipinski definition) is 0. The minimum Gasteiger partial charge on any atom is -0.462 e. The van der Waals surface area contributed by atoms with Gasteiger partial charge in [0.2, 0.25) is 0 Å². The van der Waals surface area contributed by atoms with Gasteiger partial charge in [-0.2, -0.15) is 0 Å². The van der Waals surface area contributed by atoms with Crippen LogP contribution < -0.4 is 0 Å². The summed E-state index contributed by atoms with van der Waals surface area (Å²) in [6, 6.07) is 0. The molecule has 0 radical (unpaired) electrons. The van der Waals surface area contributed by atoms with E-state index in [9.17, 15) is 4.79 Å². The van der Waals surface area contributed by atoms with Crippen molar-refractivity contribution in [2.24, 2.45) is 0 Å². The monoisotopic (exact) mass is 661 g/mol. The van der Waals surface area contributed by atoms with E-state index >= 15 is 0 Å². The Bertz CT molecular complexity index is 623. The molecule has 0 spiro atoms. The van der Waals surface area contributed by atoms with Crippen molar-refractivity contribution >= 4 is 5.97 Å². The number of ether oxygens (including phenoxy) is 1. The fraction of sp³-hybridized carbons (Fsp3) is 0.933. The molecule has 0 unspecified atom stereocenters. The Morgan fingerprint density at radius 2 is 0.638 bits per heavy atom. The van der Waals surface area contributed by atoms with Gasteiger partial charge in [-0.3, -0.25) is 0 Å². The fourth-order valence-electron chi connectivity index (χ4n) is 6.91. The molecule has 2 heteroatoms. The van der Waals surface area contributed by atoms with E-state index in [2.05, 4.69) is 26.8 Å². The molecular weight excluding hydrogens is 572 g/mol. The molecule has 0 saturated carbocycles. The number of carbonyl (C=O) groups is 1. The summed E-state index contributed by atoms with van der Waals surface area (Å²) in [6.45, 7) is 7.48. The number of unbranched alkanes of at least 4 members (excludes halogenated alkanes) is 34. The third-order valence-corrected chi connectivity index (χ3v) is 10.2. The molecule has 0 aliphatic carbocycles. The van der Waals surface area contributed by atoms with Crippen molar-refractivity contribution in [3.63, 3.8) is 0 Å². The third-order valence-electron chi connectivity index (χ3n) is 10.2. The van der Waals surface area contributed by atoms with Crippen molar-refractivity contribution in [3.05, 3.63) is 11.6 Å². The molecule has 0 fully saturated rings. The molecule has 0 aromatic heterocycles. The maximum Gasteiger partial charge on any atom is 0.333 e. The Balaban J connectivity index is 4.15. The molecule has 0 aliphatic rings. The van der Waals surface area contributed by atoms with Crippen LogP contribution in [0, 0.1) is 0 Å². The van der Waals surface area contributed by atoms with Crippen LogP contribution in [0.5, 0.6) is 0 Å². The average Bonchev–Trinajstić information content (AvgIpc) is 3.08. The molecule has 0 aliphatic heterocycles. The molecule has 0 rings (SSSR count). The summed E-state index contributed by atoms with van der Waals surface area (Å²) < 4.78 is 5.81. The summed E-state index contributed by atoms with van der Waals surface area (Å²) in [7, 11) is 0. The van der Waals surface area contributed by atoms with E-state index in [-0.39, 0.29) is 5.97 Å². The molecule has 2 nitrogen and oxygen atoms in total. The van der Waals surface area contributed by atoms with Gasteiger partial charge in [0.05, 0.1) is 6.61 Å². The second kappa shape index (κ2) is 41.4. The van der Waals surface area contributed by atoms with Crippen LogP contribution in [0.4, 0.5) is 0 Å². The zero-order valence-corrected chi connectivity index (χ0v) is 33.0. The molecule has 0 N–H and O–H groups in total. The molecule has 0 atom stereocenters. The number of carbonyl (C=O) groups excluding carboxylic acids is 1. The first-order chi connectivity index (χ1) is 23.3. The minimum absolute atomic E-state index is 0.0184. The lowest BCUT2D eigenvalue weighted by atomic mass is 10.0. The van der Waals surface area contributed by atoms with E-state index in [1.54, 1.807) is 0 Å². The van der Waals surface area contributed by atoms with Crippen molar-refractivity contribution in [1.29, 1.82) is 0 Å². The molecule has 0 bridgehead atoms. The predicted octanol–water partition coefficient (Wildman–Crippen LogP) is 16.3. The quantitative estimate of drug-likeness (QED) is 0.0371. The summed E-state index contributed by atoms with van der Waals surface area (Å²) in [5.74, 6) is -0.0184. The van der Waals surface area contributed by atoms with E-state index in [1.165, 1.54) is 218 Å². The van der Waals surface area contributed by atoms with Crippen molar-refractivity contribution in [3.8, 4) is 0 Å². The van der Waals surface area contributed by atoms with Crippen LogP contribution in [0.2, 0.25) is 0 Å². The van der Waals surface area contributed by atoms with Gasteiger partial charge in [-0.05, 0) is 32.1 Å². The first-order valence-corrected chi connectivity index (χ1v) is 22.1. The zero-order chi connectivity index (χ0) is 34.1. The van der Waals surface area contributed by atoms with Gasteiger partial charge in [0.1, 0.15) is 0 Å². The number of allylic oxidation sites excluding steroid dienone is 1. The molecule has 47 heavy (non-hydrogen) atoms. The van der Waals surface area contributed by atoms with Crippen LogP contribution in [0.25, 0.3) is 0 Å². The number of rotatable bonds is 40. The maximum absolute atomic E-state index is 13.0. The highest BCUT2D eigenvalue weighted by atomic mass is 16.5. The van der Waals surface area contributed by atoms with Gasteiger partial charge >= 0.3 is 5.97 Å². The highest BCUT2D eigenvalue weighted by Gasteiger charge is 2.11. The molecule has 0 aromatic carbocycles. The zero-order valence-electron chi connectivity index (χ0n) is 33.0. The Kier molecular flexibility index (Phi) is 40.7. The van der Waals surface area contributed by atoms with Crippen molar-refractivity contribution in [1.82, 2.24) is 0 Å². The van der Waals surface area contributed by atoms with E-state index in [0.29, 0.717) is 6.61 Å². The lowest BCUT2D eigenvalue weighted by Gasteiger charge is -2.10. The summed E-state index contributed by atoms with van der Waals surface area (Å²) >= 11 is 0. The SMILES string of the molecule is CCCCCCCCCCCCCCC=C(CCCCCCCCCCCCCC)C(=O)OCCCCCCCCCCCCCC.